The third kappa shape index (κ3) is 4.47. The zero-order valence-electron chi connectivity index (χ0n) is 15.8. The lowest BCUT2D eigenvalue weighted by atomic mass is 10.1. The molecule has 0 spiro atoms. The number of hydrogen-bond acceptors (Lipinski definition) is 4. The second kappa shape index (κ2) is 9.35. The largest absolute Gasteiger partial charge is 0.497 e. The first-order chi connectivity index (χ1) is 12.1. The molecule has 0 unspecified atom stereocenters. The van der Waals surface area contributed by atoms with Gasteiger partial charge in [0.2, 0.25) is 5.75 Å². The number of benzene rings is 1. The monoisotopic (exact) mass is 347 g/mol. The van der Waals surface area contributed by atoms with Gasteiger partial charge in [0.05, 0.1) is 26.3 Å². The summed E-state index contributed by atoms with van der Waals surface area (Å²) in [5.41, 5.74) is 0.566. The van der Waals surface area contributed by atoms with E-state index >= 15 is 0 Å². The molecule has 0 aliphatic carbocycles. The van der Waals surface area contributed by atoms with Crippen molar-refractivity contribution in [3.05, 3.63) is 28.6 Å². The van der Waals surface area contributed by atoms with E-state index < -0.39 is 0 Å². The van der Waals surface area contributed by atoms with Crippen LogP contribution >= 0.6 is 0 Å². The number of unbranched alkanes of at least 4 members (excludes halogenated alkanes) is 5. The molecule has 0 aliphatic heterocycles. The zero-order chi connectivity index (χ0) is 18.2. The molecule has 5 nitrogen and oxygen atoms in total. The highest BCUT2D eigenvalue weighted by Gasteiger charge is 2.17. The third-order valence-corrected chi connectivity index (χ3v) is 4.46. The number of methoxy groups -OCH3 is 2. The summed E-state index contributed by atoms with van der Waals surface area (Å²) in [4.78, 5) is 12.7. The molecule has 1 heterocycles. The van der Waals surface area contributed by atoms with E-state index in [0.29, 0.717) is 18.1 Å². The maximum absolute atomic E-state index is 12.7. The number of pyridine rings is 1. The topological polar surface area (TPSA) is 49.7 Å². The summed E-state index contributed by atoms with van der Waals surface area (Å²) in [7, 11) is 4.91. The molecule has 2 aromatic rings. The minimum absolute atomic E-state index is 0.191. The van der Waals surface area contributed by atoms with Crippen LogP contribution in [0.15, 0.2) is 23.0 Å². The van der Waals surface area contributed by atoms with Gasteiger partial charge in [-0.05, 0) is 18.6 Å². The lowest BCUT2D eigenvalue weighted by molar-refractivity contribution is 0.280. The molecule has 1 aromatic carbocycles. The minimum atomic E-state index is -0.191. The van der Waals surface area contributed by atoms with Gasteiger partial charge in [0, 0.05) is 18.5 Å². The molecule has 0 aliphatic rings. The molecule has 0 N–H and O–H groups in total. The zero-order valence-corrected chi connectivity index (χ0v) is 15.8. The number of rotatable bonds is 10. The van der Waals surface area contributed by atoms with Gasteiger partial charge in [-0.15, -0.1) is 0 Å². The number of ether oxygens (including phenoxy) is 3. The Morgan fingerprint density at radius 1 is 0.960 bits per heavy atom. The fourth-order valence-electron chi connectivity index (χ4n) is 2.98. The van der Waals surface area contributed by atoms with Crippen molar-refractivity contribution in [3.8, 4) is 17.2 Å². The smallest absolute Gasteiger partial charge is 0.297 e. The number of nitrogens with zero attached hydrogens (tertiary/aromatic N) is 1. The standard InChI is InChI=1S/C20H29NO4/c1-5-6-7-8-9-10-13-25-19-18(24-4)16-12-11-15(23-3)14-17(16)21(2)20(19)22/h11-12,14H,5-10,13H2,1-4H3. The van der Waals surface area contributed by atoms with Crippen molar-refractivity contribution >= 4 is 10.9 Å². The van der Waals surface area contributed by atoms with Gasteiger partial charge >= 0.3 is 0 Å². The summed E-state index contributed by atoms with van der Waals surface area (Å²) in [5.74, 6) is 1.48. The predicted octanol–water partition coefficient (Wildman–Crippen LogP) is 4.30. The third-order valence-electron chi connectivity index (χ3n) is 4.46. The fourth-order valence-corrected chi connectivity index (χ4v) is 2.98. The van der Waals surface area contributed by atoms with Gasteiger partial charge in [0.1, 0.15) is 5.75 Å². The molecule has 0 amide bonds. The van der Waals surface area contributed by atoms with Gasteiger partial charge in [0.15, 0.2) is 5.75 Å². The second-order valence-electron chi connectivity index (χ2n) is 6.23. The first-order valence-corrected chi connectivity index (χ1v) is 9.01. The lowest BCUT2D eigenvalue weighted by Crippen LogP contribution is -2.21. The van der Waals surface area contributed by atoms with Gasteiger partial charge in [-0.3, -0.25) is 4.79 Å². The van der Waals surface area contributed by atoms with E-state index in [0.717, 1.165) is 23.7 Å². The first-order valence-electron chi connectivity index (χ1n) is 9.01. The van der Waals surface area contributed by atoms with Crippen LogP contribution in [0.25, 0.3) is 10.9 Å². The Labute approximate surface area is 149 Å². The first kappa shape index (κ1) is 19.2. The van der Waals surface area contributed by atoms with Crippen LogP contribution in [0.2, 0.25) is 0 Å². The molecule has 25 heavy (non-hydrogen) atoms. The molecule has 0 fully saturated rings. The number of fused-ring (bicyclic) bond motifs is 1. The molecule has 0 bridgehead atoms. The van der Waals surface area contributed by atoms with Gasteiger partial charge in [-0.1, -0.05) is 39.0 Å². The van der Waals surface area contributed by atoms with Crippen LogP contribution in [0.5, 0.6) is 17.2 Å². The van der Waals surface area contributed by atoms with Gasteiger partial charge in [0.25, 0.3) is 5.56 Å². The van der Waals surface area contributed by atoms with Gasteiger partial charge in [-0.25, -0.2) is 0 Å². The highest BCUT2D eigenvalue weighted by atomic mass is 16.5. The molecular weight excluding hydrogens is 318 g/mol. The highest BCUT2D eigenvalue weighted by molar-refractivity contribution is 5.88. The van der Waals surface area contributed by atoms with E-state index in [-0.39, 0.29) is 11.3 Å². The van der Waals surface area contributed by atoms with Crippen molar-refractivity contribution in [2.24, 2.45) is 7.05 Å². The molecular formula is C20H29NO4. The molecule has 0 saturated carbocycles. The van der Waals surface area contributed by atoms with Crippen molar-refractivity contribution in [3.63, 3.8) is 0 Å². The normalized spacial score (nSPS) is 10.9. The van der Waals surface area contributed by atoms with Crippen molar-refractivity contribution in [2.45, 2.75) is 45.4 Å². The Bertz CT molecular complexity index is 751. The average Bonchev–Trinajstić information content (AvgIpc) is 2.64. The number of aromatic nitrogens is 1. The maximum Gasteiger partial charge on any atom is 0.297 e. The summed E-state index contributed by atoms with van der Waals surface area (Å²) in [5, 5.41) is 0.836. The Morgan fingerprint density at radius 3 is 2.36 bits per heavy atom. The minimum Gasteiger partial charge on any atom is -0.497 e. The van der Waals surface area contributed by atoms with Crippen LogP contribution in [0.4, 0.5) is 0 Å². The van der Waals surface area contributed by atoms with Crippen LogP contribution in [0.3, 0.4) is 0 Å². The Morgan fingerprint density at radius 2 is 1.68 bits per heavy atom. The van der Waals surface area contributed by atoms with E-state index in [1.165, 1.54) is 25.7 Å². The predicted molar refractivity (Wildman–Crippen MR) is 101 cm³/mol. The number of hydrogen-bond donors (Lipinski definition) is 0. The number of aryl methyl sites for hydroxylation is 1. The van der Waals surface area contributed by atoms with Gasteiger partial charge in [-0.2, -0.15) is 0 Å². The molecule has 2 rings (SSSR count). The Balaban J connectivity index is 2.19. The van der Waals surface area contributed by atoms with Crippen molar-refractivity contribution in [2.75, 3.05) is 20.8 Å². The second-order valence-corrected chi connectivity index (χ2v) is 6.23. The summed E-state index contributed by atoms with van der Waals surface area (Å²) in [6, 6.07) is 5.58. The summed E-state index contributed by atoms with van der Waals surface area (Å²) < 4.78 is 18.2. The molecule has 1 aromatic heterocycles. The molecule has 0 atom stereocenters. The molecule has 0 radical (unpaired) electrons. The van der Waals surface area contributed by atoms with Crippen molar-refractivity contribution < 1.29 is 14.2 Å². The fraction of sp³-hybridized carbons (Fsp3) is 0.550. The quantitative estimate of drug-likeness (QED) is 0.602. The van der Waals surface area contributed by atoms with Crippen molar-refractivity contribution in [1.82, 2.24) is 4.57 Å². The summed E-state index contributed by atoms with van der Waals surface area (Å²) in [6.07, 6.45) is 7.06. The Hall–Kier alpha value is -2.17. The van der Waals surface area contributed by atoms with Crippen LogP contribution in [0.1, 0.15) is 45.4 Å². The lowest BCUT2D eigenvalue weighted by Gasteiger charge is -2.15. The Kier molecular flexibility index (Phi) is 7.16. The van der Waals surface area contributed by atoms with Crippen molar-refractivity contribution in [1.29, 1.82) is 0 Å². The highest BCUT2D eigenvalue weighted by Crippen LogP contribution is 2.34. The average molecular weight is 347 g/mol. The summed E-state index contributed by atoms with van der Waals surface area (Å²) >= 11 is 0. The van der Waals surface area contributed by atoms with E-state index in [4.69, 9.17) is 14.2 Å². The SMILES string of the molecule is CCCCCCCCOc1c(OC)c2ccc(OC)cc2n(C)c1=O. The van der Waals surface area contributed by atoms with E-state index in [1.54, 1.807) is 25.8 Å². The maximum atomic E-state index is 12.7. The van der Waals surface area contributed by atoms with Crippen LogP contribution in [-0.2, 0) is 7.05 Å². The van der Waals surface area contributed by atoms with Gasteiger partial charge < -0.3 is 18.8 Å². The van der Waals surface area contributed by atoms with Crippen LogP contribution in [0, 0.1) is 0 Å². The van der Waals surface area contributed by atoms with Crippen LogP contribution in [-0.4, -0.2) is 25.4 Å². The molecule has 5 heteroatoms. The van der Waals surface area contributed by atoms with Crippen LogP contribution < -0.4 is 19.8 Å². The van der Waals surface area contributed by atoms with E-state index in [9.17, 15) is 4.79 Å². The molecule has 0 saturated heterocycles. The molecule has 138 valence electrons. The van der Waals surface area contributed by atoms with E-state index in [2.05, 4.69) is 6.92 Å². The summed E-state index contributed by atoms with van der Waals surface area (Å²) in [6.45, 7) is 2.74. The van der Waals surface area contributed by atoms with E-state index in [1.807, 2.05) is 18.2 Å².